The van der Waals surface area contributed by atoms with E-state index in [0.717, 1.165) is 24.0 Å². The second-order valence-electron chi connectivity index (χ2n) is 8.01. The number of ketones is 1. The molecule has 2 aliphatic heterocycles. The second-order valence-corrected chi connectivity index (χ2v) is 8.01. The molecule has 4 rings (SSSR count). The Bertz CT molecular complexity index is 950. The van der Waals surface area contributed by atoms with Crippen LogP contribution in [0.25, 0.3) is 0 Å². The Kier molecular flexibility index (Phi) is 5.35. The van der Waals surface area contributed by atoms with Crippen LogP contribution in [0.2, 0.25) is 0 Å². The Morgan fingerprint density at radius 3 is 2.45 bits per heavy atom. The first-order valence-corrected chi connectivity index (χ1v) is 10.1. The Hall–Kier alpha value is -3.13. The van der Waals surface area contributed by atoms with E-state index in [0.29, 0.717) is 24.0 Å². The molecule has 2 saturated heterocycles. The smallest absolute Gasteiger partial charge is 0.410 e. The van der Waals surface area contributed by atoms with Gasteiger partial charge in [0.05, 0.1) is 11.6 Å². The number of rotatable bonds is 4. The zero-order chi connectivity index (χ0) is 20.4. The standard InChI is InChI=1S/C24H24N2O3/c1-16-7-8-18(14-25)11-22(16)23(27)19-12-20-9-10-21(13-19)26(20)24(28)29-15-17-5-3-2-4-6-17/h2-8,11,19-21H,9-10,12-13,15H2,1H3. The maximum Gasteiger partial charge on any atom is 0.410 e. The van der Waals surface area contributed by atoms with Crippen LogP contribution in [-0.2, 0) is 11.3 Å². The van der Waals surface area contributed by atoms with Gasteiger partial charge in [-0.1, -0.05) is 36.4 Å². The van der Waals surface area contributed by atoms with Crippen molar-refractivity contribution in [2.24, 2.45) is 5.92 Å². The number of aryl methyl sites for hydroxylation is 1. The molecular formula is C24H24N2O3. The van der Waals surface area contributed by atoms with Gasteiger partial charge in [0.1, 0.15) is 6.61 Å². The van der Waals surface area contributed by atoms with Gasteiger partial charge in [-0.05, 0) is 55.9 Å². The number of nitrogens with zero attached hydrogens (tertiary/aromatic N) is 2. The molecule has 2 aromatic rings. The minimum absolute atomic E-state index is 0.0467. The number of Topliss-reactive ketones (excluding diaryl/α,β-unsaturated/α-hetero) is 1. The van der Waals surface area contributed by atoms with E-state index < -0.39 is 0 Å². The van der Waals surface area contributed by atoms with E-state index in [4.69, 9.17) is 10.00 Å². The van der Waals surface area contributed by atoms with E-state index in [9.17, 15) is 9.59 Å². The molecule has 0 saturated carbocycles. The molecule has 2 heterocycles. The Morgan fingerprint density at radius 1 is 1.10 bits per heavy atom. The van der Waals surface area contributed by atoms with Crippen LogP contribution in [0.3, 0.4) is 0 Å². The first-order chi connectivity index (χ1) is 14.1. The zero-order valence-corrected chi connectivity index (χ0v) is 16.5. The van der Waals surface area contributed by atoms with E-state index in [-0.39, 0.29) is 36.5 Å². The summed E-state index contributed by atoms with van der Waals surface area (Å²) < 4.78 is 5.54. The van der Waals surface area contributed by atoms with Gasteiger partial charge in [-0.2, -0.15) is 5.26 Å². The molecule has 2 fully saturated rings. The van der Waals surface area contributed by atoms with Crippen LogP contribution in [0.1, 0.15) is 52.7 Å². The van der Waals surface area contributed by atoms with Gasteiger partial charge < -0.3 is 9.64 Å². The molecule has 2 bridgehead atoms. The summed E-state index contributed by atoms with van der Waals surface area (Å²) >= 11 is 0. The van der Waals surface area contributed by atoms with Crippen molar-refractivity contribution in [3.05, 3.63) is 70.8 Å². The highest BCUT2D eigenvalue weighted by atomic mass is 16.6. The molecule has 0 aliphatic carbocycles. The van der Waals surface area contributed by atoms with Gasteiger partial charge in [0.2, 0.25) is 0 Å². The predicted molar refractivity (Wildman–Crippen MR) is 108 cm³/mol. The van der Waals surface area contributed by atoms with Gasteiger partial charge in [-0.15, -0.1) is 0 Å². The molecule has 0 aromatic heterocycles. The van der Waals surface area contributed by atoms with E-state index in [1.165, 1.54) is 0 Å². The molecule has 0 spiro atoms. The van der Waals surface area contributed by atoms with Crippen molar-refractivity contribution in [2.45, 2.75) is 51.3 Å². The molecule has 1 amide bonds. The molecule has 2 aromatic carbocycles. The SMILES string of the molecule is Cc1ccc(C#N)cc1C(=O)C1CC2CCC(C1)N2C(=O)OCc1ccccc1. The minimum atomic E-state index is -0.282. The summed E-state index contributed by atoms with van der Waals surface area (Å²) in [7, 11) is 0. The zero-order valence-electron chi connectivity index (χ0n) is 16.5. The molecule has 2 aliphatic rings. The summed E-state index contributed by atoms with van der Waals surface area (Å²) in [5.41, 5.74) is 2.99. The number of ether oxygens (including phenoxy) is 1. The average molecular weight is 388 g/mol. The van der Waals surface area contributed by atoms with Crippen LogP contribution in [0.5, 0.6) is 0 Å². The number of nitriles is 1. The fraction of sp³-hybridized carbons (Fsp3) is 0.375. The maximum atomic E-state index is 13.2. The van der Waals surface area contributed by atoms with Gasteiger partial charge >= 0.3 is 6.09 Å². The van der Waals surface area contributed by atoms with Crippen molar-refractivity contribution < 1.29 is 14.3 Å². The normalized spacial score (nSPS) is 22.8. The summed E-state index contributed by atoms with van der Waals surface area (Å²) in [6.07, 6.45) is 2.85. The monoisotopic (exact) mass is 388 g/mol. The fourth-order valence-electron chi connectivity index (χ4n) is 4.66. The van der Waals surface area contributed by atoms with Crippen LogP contribution in [-0.4, -0.2) is 28.9 Å². The number of hydrogen-bond donors (Lipinski definition) is 0. The van der Waals surface area contributed by atoms with Crippen molar-refractivity contribution >= 4 is 11.9 Å². The van der Waals surface area contributed by atoms with Crippen molar-refractivity contribution in [2.75, 3.05) is 0 Å². The molecular weight excluding hydrogens is 364 g/mol. The van der Waals surface area contributed by atoms with E-state index in [1.807, 2.05) is 48.2 Å². The lowest BCUT2D eigenvalue weighted by molar-refractivity contribution is 0.0485. The number of benzene rings is 2. The third-order valence-corrected chi connectivity index (χ3v) is 6.15. The lowest BCUT2D eigenvalue weighted by Gasteiger charge is -2.37. The van der Waals surface area contributed by atoms with Gasteiger partial charge in [0.25, 0.3) is 0 Å². The summed E-state index contributed by atoms with van der Waals surface area (Å²) in [6.45, 7) is 2.16. The third kappa shape index (κ3) is 3.88. The Labute approximate surface area is 170 Å². The molecule has 2 unspecified atom stereocenters. The first kappa shape index (κ1) is 19.2. The van der Waals surface area contributed by atoms with Gasteiger partial charge in [0, 0.05) is 23.6 Å². The largest absolute Gasteiger partial charge is 0.445 e. The first-order valence-electron chi connectivity index (χ1n) is 10.1. The number of amides is 1. The van der Waals surface area contributed by atoms with Gasteiger partial charge in [0.15, 0.2) is 5.78 Å². The Morgan fingerprint density at radius 2 is 1.79 bits per heavy atom. The summed E-state index contributed by atoms with van der Waals surface area (Å²) in [6, 6.07) is 17.1. The molecule has 29 heavy (non-hydrogen) atoms. The second kappa shape index (κ2) is 8.08. The molecule has 5 heteroatoms. The van der Waals surface area contributed by atoms with E-state index in [2.05, 4.69) is 6.07 Å². The average Bonchev–Trinajstić information content (AvgIpc) is 3.02. The highest BCUT2D eigenvalue weighted by Gasteiger charge is 2.46. The lowest BCUT2D eigenvalue weighted by atomic mass is 9.83. The fourth-order valence-corrected chi connectivity index (χ4v) is 4.66. The van der Waals surface area contributed by atoms with Crippen molar-refractivity contribution in [1.29, 1.82) is 5.26 Å². The highest BCUT2D eigenvalue weighted by molar-refractivity contribution is 5.99. The highest BCUT2D eigenvalue weighted by Crippen LogP contribution is 2.40. The van der Waals surface area contributed by atoms with E-state index >= 15 is 0 Å². The van der Waals surface area contributed by atoms with Crippen molar-refractivity contribution in [3.8, 4) is 6.07 Å². The van der Waals surface area contributed by atoms with Crippen LogP contribution in [0.15, 0.2) is 48.5 Å². The molecule has 0 radical (unpaired) electrons. The van der Waals surface area contributed by atoms with E-state index in [1.54, 1.807) is 12.1 Å². The molecule has 148 valence electrons. The van der Waals surface area contributed by atoms with Crippen LogP contribution < -0.4 is 0 Å². The number of carbonyl (C=O) groups is 2. The Balaban J connectivity index is 1.43. The number of carbonyl (C=O) groups excluding carboxylic acids is 2. The maximum absolute atomic E-state index is 13.2. The van der Waals surface area contributed by atoms with Crippen molar-refractivity contribution in [3.63, 3.8) is 0 Å². The summed E-state index contributed by atoms with van der Waals surface area (Å²) in [4.78, 5) is 27.7. The van der Waals surface area contributed by atoms with Crippen molar-refractivity contribution in [1.82, 2.24) is 4.90 Å². The third-order valence-electron chi connectivity index (χ3n) is 6.15. The van der Waals surface area contributed by atoms with Crippen LogP contribution in [0, 0.1) is 24.2 Å². The van der Waals surface area contributed by atoms with Gasteiger partial charge in [-0.3, -0.25) is 4.79 Å². The minimum Gasteiger partial charge on any atom is -0.445 e. The number of piperidine rings is 1. The number of hydrogen-bond acceptors (Lipinski definition) is 4. The number of fused-ring (bicyclic) bond motifs is 2. The van der Waals surface area contributed by atoms with Gasteiger partial charge in [-0.25, -0.2) is 4.79 Å². The topological polar surface area (TPSA) is 70.4 Å². The quantitative estimate of drug-likeness (QED) is 0.716. The summed E-state index contributed by atoms with van der Waals surface area (Å²) in [5, 5.41) is 9.15. The summed E-state index contributed by atoms with van der Waals surface area (Å²) in [5.74, 6) is -0.0212. The van der Waals surface area contributed by atoms with Crippen LogP contribution >= 0.6 is 0 Å². The van der Waals surface area contributed by atoms with Crippen LogP contribution in [0.4, 0.5) is 4.79 Å². The molecule has 0 N–H and O–H groups in total. The lowest BCUT2D eigenvalue weighted by Crippen LogP contribution is -2.48. The molecule has 2 atom stereocenters. The predicted octanol–water partition coefficient (Wildman–Crippen LogP) is 4.63. The molecule has 5 nitrogen and oxygen atoms in total.